The van der Waals surface area contributed by atoms with E-state index in [9.17, 15) is 18.0 Å². The van der Waals surface area contributed by atoms with Gasteiger partial charge in [0.25, 0.3) is 0 Å². The average Bonchev–Trinajstić information content (AvgIpc) is 3.32. The summed E-state index contributed by atoms with van der Waals surface area (Å²) in [5, 5.41) is 13.0. The van der Waals surface area contributed by atoms with Gasteiger partial charge in [-0.3, -0.25) is 14.8 Å². The molecule has 0 saturated carbocycles. The number of likely N-dealkylation sites (tertiary alicyclic amines) is 1. The molecule has 232 valence electrons. The van der Waals surface area contributed by atoms with Crippen LogP contribution in [0.3, 0.4) is 0 Å². The fraction of sp³-hybridized carbons (Fsp3) is 0.452. The highest BCUT2D eigenvalue weighted by Gasteiger charge is 2.30. The smallest absolute Gasteiger partial charge is 0.406 e. The molecule has 2 aromatic carbocycles. The van der Waals surface area contributed by atoms with Crippen LogP contribution in [-0.2, 0) is 16.1 Å². The molecular weight excluding hydrogens is 579 g/mol. The minimum Gasteiger partial charge on any atom is -0.495 e. The van der Waals surface area contributed by atoms with Crippen molar-refractivity contribution in [2.45, 2.75) is 62.9 Å². The molecule has 8 nitrogen and oxygen atoms in total. The van der Waals surface area contributed by atoms with E-state index in [4.69, 9.17) is 14.6 Å². The molecule has 0 bridgehead atoms. The van der Waals surface area contributed by atoms with Crippen molar-refractivity contribution in [3.63, 3.8) is 0 Å². The molecule has 4 rings (SSSR count). The van der Waals surface area contributed by atoms with Crippen molar-refractivity contribution >= 4 is 40.2 Å². The molecule has 4 N–H and O–H groups in total. The van der Waals surface area contributed by atoms with E-state index in [0.29, 0.717) is 35.3 Å². The topological polar surface area (TPSA) is 93.8 Å². The van der Waals surface area contributed by atoms with Crippen LogP contribution in [0.25, 0.3) is 10.9 Å². The fourth-order valence-corrected chi connectivity index (χ4v) is 5.54. The number of ether oxygens (including phenoxy) is 2. The molecule has 1 aliphatic heterocycles. The first-order chi connectivity index (χ1) is 20.6. The number of piperidine rings is 1. The zero-order valence-electron chi connectivity index (χ0n) is 24.6. The lowest BCUT2D eigenvalue weighted by atomic mass is 10.0. The van der Waals surface area contributed by atoms with E-state index in [1.165, 1.54) is 4.57 Å². The Kier molecular flexibility index (Phi) is 11.1. The number of carbonyl (C=O) groups is 1. The summed E-state index contributed by atoms with van der Waals surface area (Å²) in [6.45, 7) is 5.09. The maximum Gasteiger partial charge on any atom is 0.406 e. The Morgan fingerprint density at radius 2 is 1.95 bits per heavy atom. The Morgan fingerprint density at radius 3 is 2.63 bits per heavy atom. The Morgan fingerprint density at radius 1 is 1.19 bits per heavy atom. The molecule has 0 aliphatic carbocycles. The van der Waals surface area contributed by atoms with Gasteiger partial charge in [0.05, 0.1) is 30.6 Å². The van der Waals surface area contributed by atoms with Crippen LogP contribution in [0, 0.1) is 11.8 Å². The number of nitrogens with two attached hydrogens (primary N) is 1. The summed E-state index contributed by atoms with van der Waals surface area (Å²) in [6, 6.07) is 12.7. The number of methoxy groups -OCH3 is 1. The summed E-state index contributed by atoms with van der Waals surface area (Å²) in [5.74, 6) is 6.30. The molecule has 0 spiro atoms. The molecule has 1 aliphatic rings. The van der Waals surface area contributed by atoms with E-state index in [1.54, 1.807) is 38.3 Å². The SMILES string of the molecule is CCC(=O)OC(C)CN1CCC(Nc2cccc3c2cc(C#CCNc2ccc(SN)cc2OC)n3CC(F)(F)F)CC1. The van der Waals surface area contributed by atoms with E-state index < -0.39 is 12.7 Å². The Balaban J connectivity index is 1.47. The van der Waals surface area contributed by atoms with Crippen molar-refractivity contribution in [1.29, 1.82) is 0 Å². The number of nitrogens with zero attached hydrogens (tertiary/aromatic N) is 2. The fourth-order valence-electron chi connectivity index (χ4n) is 5.22. The Hall–Kier alpha value is -3.53. The van der Waals surface area contributed by atoms with Crippen molar-refractivity contribution in [2.75, 3.05) is 43.9 Å². The number of rotatable bonds is 11. The van der Waals surface area contributed by atoms with E-state index in [1.807, 2.05) is 25.1 Å². The molecule has 3 aromatic rings. The van der Waals surface area contributed by atoms with E-state index in [2.05, 4.69) is 27.4 Å². The van der Waals surface area contributed by atoms with Crippen LogP contribution >= 0.6 is 11.9 Å². The third kappa shape index (κ3) is 8.98. The zero-order chi connectivity index (χ0) is 31.0. The van der Waals surface area contributed by atoms with Gasteiger partial charge < -0.3 is 24.7 Å². The zero-order valence-corrected chi connectivity index (χ0v) is 25.4. The third-order valence-electron chi connectivity index (χ3n) is 7.26. The molecule has 0 amide bonds. The van der Waals surface area contributed by atoms with Gasteiger partial charge in [-0.2, -0.15) is 13.2 Å². The Labute approximate surface area is 254 Å². The molecular formula is C31H38F3N5O3S. The molecule has 1 saturated heterocycles. The first kappa shape index (κ1) is 32.4. The molecule has 43 heavy (non-hydrogen) atoms. The van der Waals surface area contributed by atoms with Gasteiger partial charge >= 0.3 is 12.1 Å². The predicted octanol–water partition coefficient (Wildman–Crippen LogP) is 5.86. The molecule has 2 heterocycles. The van der Waals surface area contributed by atoms with Crippen LogP contribution in [0.5, 0.6) is 5.75 Å². The van der Waals surface area contributed by atoms with Gasteiger partial charge in [0, 0.05) is 48.1 Å². The van der Waals surface area contributed by atoms with Gasteiger partial charge in [0.15, 0.2) is 0 Å². The largest absolute Gasteiger partial charge is 0.495 e. The minimum atomic E-state index is -4.41. The highest BCUT2D eigenvalue weighted by atomic mass is 32.2. The number of hydrogen-bond donors (Lipinski definition) is 3. The standard InChI is InChI=1S/C31H38F3N5O3S/c1-4-30(40)42-21(2)19-38-15-12-22(13-16-38)37-26-8-5-9-28-25(26)17-23(39(28)20-31(32,33)34)7-6-14-36-27-11-10-24(43-35)18-29(27)41-3/h5,8-11,17-18,21-22,36-37H,4,12-16,19-20,35H2,1-3H3. The summed E-state index contributed by atoms with van der Waals surface area (Å²) < 4.78 is 52.9. The van der Waals surface area contributed by atoms with Crippen LogP contribution in [0.1, 0.15) is 38.8 Å². The summed E-state index contributed by atoms with van der Waals surface area (Å²) in [7, 11) is 1.55. The van der Waals surface area contributed by atoms with Gasteiger partial charge in [0.1, 0.15) is 18.4 Å². The number of aromatic nitrogens is 1. The molecule has 1 aromatic heterocycles. The average molecular weight is 618 g/mol. The number of esters is 1. The van der Waals surface area contributed by atoms with Gasteiger partial charge in [-0.15, -0.1) is 0 Å². The number of halogens is 3. The summed E-state index contributed by atoms with van der Waals surface area (Å²) in [4.78, 5) is 14.7. The van der Waals surface area contributed by atoms with Gasteiger partial charge in [-0.1, -0.05) is 18.9 Å². The highest BCUT2D eigenvalue weighted by Crippen LogP contribution is 2.32. The number of fused-ring (bicyclic) bond motifs is 1. The molecule has 1 unspecified atom stereocenters. The second-order valence-corrected chi connectivity index (χ2v) is 11.2. The molecule has 12 heteroatoms. The number of alkyl halides is 3. The summed E-state index contributed by atoms with van der Waals surface area (Å²) in [6.07, 6.45) is -2.50. The first-order valence-corrected chi connectivity index (χ1v) is 15.1. The monoisotopic (exact) mass is 617 g/mol. The second-order valence-electron chi connectivity index (χ2n) is 10.5. The van der Waals surface area contributed by atoms with Crippen molar-refractivity contribution in [1.82, 2.24) is 9.47 Å². The van der Waals surface area contributed by atoms with Crippen molar-refractivity contribution < 1.29 is 27.4 Å². The van der Waals surface area contributed by atoms with Crippen LogP contribution in [-0.4, -0.2) is 67.0 Å². The maximum atomic E-state index is 13.6. The van der Waals surface area contributed by atoms with Crippen LogP contribution < -0.4 is 20.5 Å². The van der Waals surface area contributed by atoms with E-state index in [-0.39, 0.29) is 30.4 Å². The lowest BCUT2D eigenvalue weighted by molar-refractivity contribution is -0.148. The summed E-state index contributed by atoms with van der Waals surface area (Å²) in [5.41, 5.74) is 2.25. The van der Waals surface area contributed by atoms with Crippen molar-refractivity contribution in [2.24, 2.45) is 5.14 Å². The number of carbonyl (C=O) groups excluding carboxylic acids is 1. The number of nitrogens with one attached hydrogen (secondary N) is 2. The number of hydrogen-bond acceptors (Lipinski definition) is 8. The van der Waals surface area contributed by atoms with E-state index in [0.717, 1.165) is 48.5 Å². The minimum absolute atomic E-state index is 0.166. The molecule has 0 radical (unpaired) electrons. The van der Waals surface area contributed by atoms with Crippen molar-refractivity contribution in [3.05, 3.63) is 48.2 Å². The highest BCUT2D eigenvalue weighted by molar-refractivity contribution is 7.97. The second kappa shape index (κ2) is 14.8. The Bertz CT molecular complexity index is 1460. The lowest BCUT2D eigenvalue weighted by Gasteiger charge is -2.34. The quantitative estimate of drug-likeness (QED) is 0.140. The van der Waals surface area contributed by atoms with Crippen LogP contribution in [0.15, 0.2) is 47.4 Å². The van der Waals surface area contributed by atoms with Gasteiger partial charge in [-0.05, 0) is 74.0 Å². The molecule has 1 atom stereocenters. The van der Waals surface area contributed by atoms with Crippen LogP contribution in [0.2, 0.25) is 0 Å². The van der Waals surface area contributed by atoms with Crippen molar-refractivity contribution in [3.8, 4) is 17.6 Å². The predicted molar refractivity (Wildman–Crippen MR) is 165 cm³/mol. The lowest BCUT2D eigenvalue weighted by Crippen LogP contribution is -2.42. The molecule has 1 fully saturated rings. The van der Waals surface area contributed by atoms with Crippen LogP contribution in [0.4, 0.5) is 24.5 Å². The third-order valence-corrected chi connectivity index (χ3v) is 7.79. The van der Waals surface area contributed by atoms with Gasteiger partial charge in [0.2, 0.25) is 0 Å². The summed E-state index contributed by atoms with van der Waals surface area (Å²) >= 11 is 1.10. The normalized spacial score (nSPS) is 15.0. The van der Waals surface area contributed by atoms with E-state index >= 15 is 0 Å². The first-order valence-electron chi connectivity index (χ1n) is 14.2. The maximum absolute atomic E-state index is 13.6. The number of anilines is 2. The number of benzene rings is 2. The van der Waals surface area contributed by atoms with Gasteiger partial charge in [-0.25, -0.2) is 0 Å².